The van der Waals surface area contributed by atoms with Crippen LogP contribution in [0.25, 0.3) is 0 Å². The van der Waals surface area contributed by atoms with E-state index in [4.69, 9.17) is 10.0 Å². The Hall–Kier alpha value is -2.32. The Bertz CT molecular complexity index is 681. The minimum atomic E-state index is -1.73. The van der Waals surface area contributed by atoms with Crippen LogP contribution in [0.3, 0.4) is 0 Å². The van der Waals surface area contributed by atoms with Gasteiger partial charge in [0.15, 0.2) is 0 Å². The number of benzene rings is 2. The van der Waals surface area contributed by atoms with Crippen molar-refractivity contribution in [3.63, 3.8) is 0 Å². The van der Waals surface area contributed by atoms with Crippen molar-refractivity contribution in [3.8, 4) is 0 Å². The fraction of sp³-hybridized carbons (Fsp3) is 0.200. The molecule has 0 amide bonds. The molecular weight excluding hydrogens is 307 g/mol. The maximum atomic E-state index is 12.9. The van der Waals surface area contributed by atoms with Crippen molar-refractivity contribution < 1.29 is 23.8 Å². The van der Waals surface area contributed by atoms with Crippen LogP contribution < -0.4 is 5.46 Å². The average molecular weight is 325 g/mol. The Morgan fingerprint density at radius 3 is 1.87 bits per heavy atom. The standard InChI is InChI=1S/C7H8BFO2.C7H6FNO2.CH4/c1-5-3-2-4-6(7(5)9)8(10)11;1-5-3-2-4-6(7(5)8)9(10)11;/h2-4,10-11H,1H3;2-4H,1H3;1H4. The molecule has 0 unspecified atom stereocenters. The summed E-state index contributed by atoms with van der Waals surface area (Å²) in [6.45, 7) is 3.06. The summed E-state index contributed by atoms with van der Waals surface area (Å²) in [5.41, 5.74) is 0.157. The minimum absolute atomic E-state index is 0. The van der Waals surface area contributed by atoms with Gasteiger partial charge < -0.3 is 10.0 Å². The molecule has 0 atom stereocenters. The highest BCUT2D eigenvalue weighted by Gasteiger charge is 2.16. The summed E-state index contributed by atoms with van der Waals surface area (Å²) in [6, 6.07) is 8.57. The second kappa shape index (κ2) is 8.97. The van der Waals surface area contributed by atoms with Crippen LogP contribution in [0.4, 0.5) is 14.5 Å². The summed E-state index contributed by atoms with van der Waals surface area (Å²) >= 11 is 0. The van der Waals surface area contributed by atoms with E-state index >= 15 is 0 Å². The number of nitro benzene ring substituents is 1. The summed E-state index contributed by atoms with van der Waals surface area (Å²) in [4.78, 5) is 9.41. The van der Waals surface area contributed by atoms with E-state index in [-0.39, 0.29) is 12.9 Å². The zero-order valence-electron chi connectivity index (χ0n) is 12.0. The van der Waals surface area contributed by atoms with Gasteiger partial charge in [0.25, 0.3) is 0 Å². The van der Waals surface area contributed by atoms with Crippen LogP contribution in [-0.4, -0.2) is 22.1 Å². The van der Waals surface area contributed by atoms with Crippen molar-refractivity contribution in [3.05, 3.63) is 69.3 Å². The summed E-state index contributed by atoms with van der Waals surface area (Å²) in [5.74, 6) is -1.31. The molecule has 5 nitrogen and oxygen atoms in total. The number of aryl methyl sites for hydroxylation is 2. The van der Waals surface area contributed by atoms with Gasteiger partial charge in [0.05, 0.1) is 4.92 Å². The molecule has 0 radical (unpaired) electrons. The maximum absolute atomic E-state index is 12.9. The molecule has 124 valence electrons. The fourth-order valence-corrected chi connectivity index (χ4v) is 1.64. The molecule has 0 heterocycles. The smallest absolute Gasteiger partial charge is 0.423 e. The number of halogens is 2. The van der Waals surface area contributed by atoms with Crippen LogP contribution >= 0.6 is 0 Å². The Morgan fingerprint density at radius 1 is 1.00 bits per heavy atom. The van der Waals surface area contributed by atoms with Crippen LogP contribution in [0.1, 0.15) is 18.6 Å². The normalized spacial score (nSPS) is 9.30. The van der Waals surface area contributed by atoms with E-state index < -0.39 is 29.4 Å². The van der Waals surface area contributed by atoms with Gasteiger partial charge in [-0.05, 0) is 25.0 Å². The molecule has 2 N–H and O–H groups in total. The summed E-state index contributed by atoms with van der Waals surface area (Å²) < 4.78 is 25.7. The first-order valence-electron chi connectivity index (χ1n) is 6.26. The number of nitrogens with zero attached hydrogens (tertiary/aromatic N) is 1. The molecule has 0 aromatic heterocycles. The molecule has 0 aliphatic heterocycles. The lowest BCUT2D eigenvalue weighted by atomic mass is 9.79. The van der Waals surface area contributed by atoms with E-state index in [0.717, 1.165) is 6.07 Å². The minimum Gasteiger partial charge on any atom is -0.423 e. The van der Waals surface area contributed by atoms with Crippen molar-refractivity contribution in [2.45, 2.75) is 21.3 Å². The molecule has 0 fully saturated rings. The number of hydrogen-bond donors (Lipinski definition) is 2. The van der Waals surface area contributed by atoms with Crippen LogP contribution in [0.2, 0.25) is 0 Å². The van der Waals surface area contributed by atoms with Gasteiger partial charge in [-0.3, -0.25) is 10.1 Å². The number of hydrogen-bond acceptors (Lipinski definition) is 4. The molecule has 0 aliphatic rings. The van der Waals surface area contributed by atoms with E-state index in [0.29, 0.717) is 11.1 Å². The average Bonchev–Trinajstić information content (AvgIpc) is 2.45. The van der Waals surface area contributed by atoms with Crippen molar-refractivity contribution in [1.29, 1.82) is 0 Å². The molecule has 0 bridgehead atoms. The number of nitro groups is 1. The largest absolute Gasteiger partial charge is 0.491 e. The predicted octanol–water partition coefficient (Wildman–Crippen LogP) is 2.49. The third-order valence-corrected chi connectivity index (χ3v) is 2.87. The zero-order valence-corrected chi connectivity index (χ0v) is 12.0. The van der Waals surface area contributed by atoms with E-state index in [1.165, 1.54) is 25.1 Å². The maximum Gasteiger partial charge on any atom is 0.491 e. The van der Waals surface area contributed by atoms with Gasteiger partial charge in [-0.25, -0.2) is 4.39 Å². The second-order valence-corrected chi connectivity index (χ2v) is 4.52. The lowest BCUT2D eigenvalue weighted by molar-refractivity contribution is -0.387. The predicted molar refractivity (Wildman–Crippen MR) is 85.5 cm³/mol. The van der Waals surface area contributed by atoms with Crippen LogP contribution in [0, 0.1) is 35.6 Å². The molecule has 0 saturated carbocycles. The van der Waals surface area contributed by atoms with Crippen molar-refractivity contribution >= 4 is 18.3 Å². The van der Waals surface area contributed by atoms with Crippen LogP contribution in [0.5, 0.6) is 0 Å². The monoisotopic (exact) mass is 325 g/mol. The lowest BCUT2D eigenvalue weighted by Crippen LogP contribution is -2.33. The quantitative estimate of drug-likeness (QED) is 0.505. The molecule has 0 aliphatic carbocycles. The molecule has 23 heavy (non-hydrogen) atoms. The third-order valence-electron chi connectivity index (χ3n) is 2.87. The lowest BCUT2D eigenvalue weighted by Gasteiger charge is -2.02. The van der Waals surface area contributed by atoms with Gasteiger partial charge in [-0.15, -0.1) is 0 Å². The summed E-state index contributed by atoms with van der Waals surface area (Å²) in [6.07, 6.45) is 0. The fourth-order valence-electron chi connectivity index (χ4n) is 1.64. The van der Waals surface area contributed by atoms with Crippen LogP contribution in [0.15, 0.2) is 36.4 Å². The Labute approximate surface area is 133 Å². The van der Waals surface area contributed by atoms with Gasteiger partial charge >= 0.3 is 12.8 Å². The molecule has 2 aromatic rings. The summed E-state index contributed by atoms with van der Waals surface area (Å²) in [5, 5.41) is 27.4. The first-order valence-corrected chi connectivity index (χ1v) is 6.26. The second-order valence-electron chi connectivity index (χ2n) is 4.52. The van der Waals surface area contributed by atoms with E-state index in [1.54, 1.807) is 19.1 Å². The molecule has 0 saturated heterocycles. The topological polar surface area (TPSA) is 83.6 Å². The zero-order chi connectivity index (χ0) is 16.9. The van der Waals surface area contributed by atoms with E-state index in [9.17, 15) is 18.9 Å². The van der Waals surface area contributed by atoms with E-state index in [2.05, 4.69) is 0 Å². The highest BCUT2D eigenvalue weighted by molar-refractivity contribution is 6.58. The highest BCUT2D eigenvalue weighted by Crippen LogP contribution is 2.18. The first kappa shape index (κ1) is 20.7. The van der Waals surface area contributed by atoms with Gasteiger partial charge in [0.2, 0.25) is 5.82 Å². The van der Waals surface area contributed by atoms with Crippen molar-refractivity contribution in [2.75, 3.05) is 0 Å². The SMILES string of the molecule is C.Cc1cccc(B(O)O)c1F.Cc1cccc([N+](=O)[O-])c1F. The Morgan fingerprint density at radius 2 is 1.48 bits per heavy atom. The molecule has 2 rings (SSSR count). The third kappa shape index (κ3) is 5.43. The van der Waals surface area contributed by atoms with Crippen LogP contribution in [-0.2, 0) is 0 Å². The van der Waals surface area contributed by atoms with E-state index in [1.807, 2.05) is 0 Å². The highest BCUT2D eigenvalue weighted by atomic mass is 19.1. The van der Waals surface area contributed by atoms with Gasteiger partial charge in [0.1, 0.15) is 5.82 Å². The summed E-state index contributed by atoms with van der Waals surface area (Å²) in [7, 11) is -1.73. The van der Waals surface area contributed by atoms with Crippen molar-refractivity contribution in [2.24, 2.45) is 0 Å². The molecular formula is C15H18BF2NO4. The van der Waals surface area contributed by atoms with Gasteiger partial charge in [-0.1, -0.05) is 37.8 Å². The molecule has 2 aromatic carbocycles. The van der Waals surface area contributed by atoms with Gasteiger partial charge in [-0.2, -0.15) is 4.39 Å². The first-order chi connectivity index (χ1) is 10.3. The Balaban J connectivity index is 0.000000403. The molecule has 8 heteroatoms. The molecule has 0 spiro atoms. The van der Waals surface area contributed by atoms with Crippen molar-refractivity contribution in [1.82, 2.24) is 0 Å². The number of rotatable bonds is 2. The van der Waals surface area contributed by atoms with Gasteiger partial charge in [0, 0.05) is 11.5 Å². The Kier molecular flexibility index (Phi) is 8.06.